The monoisotopic (exact) mass is 464 g/mol. The second-order valence-corrected chi connectivity index (χ2v) is 10.2. The van der Waals surface area contributed by atoms with E-state index in [0.29, 0.717) is 29.4 Å². The van der Waals surface area contributed by atoms with Gasteiger partial charge in [-0.1, -0.05) is 32.1 Å². The molecule has 0 amide bonds. The summed E-state index contributed by atoms with van der Waals surface area (Å²) < 4.78 is 15.0. The van der Waals surface area contributed by atoms with E-state index < -0.39 is 5.41 Å². The van der Waals surface area contributed by atoms with Gasteiger partial charge in [0.15, 0.2) is 11.6 Å². The molecule has 6 heteroatoms. The van der Waals surface area contributed by atoms with Gasteiger partial charge in [0.25, 0.3) is 0 Å². The maximum Gasteiger partial charge on any atom is 0.226 e. The number of hydrogen-bond donors (Lipinski definition) is 0. The van der Waals surface area contributed by atoms with Crippen molar-refractivity contribution in [1.29, 1.82) is 0 Å². The number of aromatic nitrogens is 3. The highest BCUT2D eigenvalue weighted by Crippen LogP contribution is 2.51. The summed E-state index contributed by atoms with van der Waals surface area (Å²) in [5.41, 5.74) is 4.16. The number of allylic oxidation sites excluding steroid dienone is 2. The molecule has 3 atom stereocenters. The van der Waals surface area contributed by atoms with E-state index in [9.17, 15) is 4.79 Å². The molecule has 3 aliphatic rings. The number of carbonyl (C=O) groups excluding carboxylic acids is 1. The quantitative estimate of drug-likeness (QED) is 0.442. The average Bonchev–Trinajstić information content (AvgIpc) is 3.72. The maximum atomic E-state index is 15.0. The molecular weight excluding hydrogens is 439 g/mol. The number of Topliss-reactive ketones (excluding diaryl/α,β-unsaturated/α-hetero) is 1. The van der Waals surface area contributed by atoms with Crippen LogP contribution in [0.1, 0.15) is 56.0 Å². The Balaban J connectivity index is 1.63. The number of nitrogens with zero attached hydrogens (tertiary/aromatic N) is 4. The predicted molar refractivity (Wildman–Crippen MR) is 131 cm³/mol. The first-order valence-electron chi connectivity index (χ1n) is 12.2. The van der Waals surface area contributed by atoms with Crippen LogP contribution in [0.5, 0.6) is 0 Å². The molecule has 0 aliphatic heterocycles. The van der Waals surface area contributed by atoms with Crippen LogP contribution in [0.25, 0.3) is 27.5 Å². The van der Waals surface area contributed by atoms with Crippen molar-refractivity contribution in [3.8, 4) is 22.6 Å². The van der Waals surface area contributed by atoms with Gasteiger partial charge in [0, 0.05) is 45.8 Å². The van der Waals surface area contributed by atoms with E-state index in [0.717, 1.165) is 41.8 Å². The molecule has 0 radical (unpaired) electrons. The minimum absolute atomic E-state index is 0.0173. The smallest absolute Gasteiger partial charge is 0.226 e. The van der Waals surface area contributed by atoms with Crippen molar-refractivity contribution in [2.75, 3.05) is 0 Å². The molecule has 1 fully saturated rings. The van der Waals surface area contributed by atoms with Gasteiger partial charge in [-0.25, -0.2) is 19.2 Å². The van der Waals surface area contributed by atoms with Gasteiger partial charge < -0.3 is 4.79 Å². The topological polar surface area (TPSA) is 60.1 Å². The van der Waals surface area contributed by atoms with Crippen molar-refractivity contribution >= 4 is 5.78 Å². The highest BCUT2D eigenvalue weighted by Gasteiger charge is 2.49. The highest BCUT2D eigenvalue weighted by atomic mass is 19.1. The molecule has 174 valence electrons. The Labute approximate surface area is 204 Å². The lowest BCUT2D eigenvalue weighted by molar-refractivity contribution is -0.121. The number of halogens is 1. The zero-order valence-corrected chi connectivity index (χ0v) is 19.8. The van der Waals surface area contributed by atoms with Crippen molar-refractivity contribution in [3.63, 3.8) is 0 Å². The van der Waals surface area contributed by atoms with Gasteiger partial charge in [0.2, 0.25) is 5.70 Å². The summed E-state index contributed by atoms with van der Waals surface area (Å²) in [6, 6.07) is 10.6. The summed E-state index contributed by atoms with van der Waals surface area (Å²) in [7, 11) is 0. The molecule has 1 saturated carbocycles. The Morgan fingerprint density at radius 3 is 2.69 bits per heavy atom. The Morgan fingerprint density at radius 2 is 1.94 bits per heavy atom. The SMILES string of the molecule is [C-]#[N+]C1=C[C@@]2(C)c3nc(-c4ccnc(C5CC5)c4)nc(-c4ccccc4F)c3CC[C@@H]2[C@@H](C)C1=O. The van der Waals surface area contributed by atoms with Crippen LogP contribution in [0, 0.1) is 24.2 Å². The van der Waals surface area contributed by atoms with Crippen LogP contribution in [-0.2, 0) is 16.6 Å². The van der Waals surface area contributed by atoms with Gasteiger partial charge in [-0.05, 0) is 55.9 Å². The van der Waals surface area contributed by atoms with Crippen LogP contribution in [0.3, 0.4) is 0 Å². The molecule has 0 bridgehead atoms. The lowest BCUT2D eigenvalue weighted by Crippen LogP contribution is -2.46. The fraction of sp³-hybridized carbons (Fsp3) is 0.345. The van der Waals surface area contributed by atoms with Crippen LogP contribution in [0.4, 0.5) is 4.39 Å². The van der Waals surface area contributed by atoms with Gasteiger partial charge in [-0.3, -0.25) is 4.98 Å². The van der Waals surface area contributed by atoms with Crippen molar-refractivity contribution in [2.24, 2.45) is 11.8 Å². The number of hydrogen-bond acceptors (Lipinski definition) is 4. The molecular formula is C29H25FN4O. The molecule has 0 spiro atoms. The molecule has 0 unspecified atom stereocenters. The molecule has 2 heterocycles. The predicted octanol–water partition coefficient (Wildman–Crippen LogP) is 6.06. The normalized spacial score (nSPS) is 25.3. The summed E-state index contributed by atoms with van der Waals surface area (Å²) in [5.74, 6) is 0.316. The van der Waals surface area contributed by atoms with Crippen molar-refractivity contribution in [3.05, 3.63) is 88.6 Å². The number of rotatable bonds is 3. The third-order valence-electron chi connectivity index (χ3n) is 7.98. The Hall–Kier alpha value is -3.72. The van der Waals surface area contributed by atoms with E-state index in [1.54, 1.807) is 24.4 Å². The van der Waals surface area contributed by atoms with Crippen molar-refractivity contribution in [1.82, 2.24) is 15.0 Å². The molecule has 6 rings (SSSR count). The van der Waals surface area contributed by atoms with E-state index in [4.69, 9.17) is 16.5 Å². The maximum absolute atomic E-state index is 15.0. The van der Waals surface area contributed by atoms with Crippen LogP contribution >= 0.6 is 0 Å². The largest absolute Gasteiger partial charge is 0.308 e. The zero-order valence-electron chi connectivity index (χ0n) is 19.8. The highest BCUT2D eigenvalue weighted by molar-refractivity contribution is 6.00. The van der Waals surface area contributed by atoms with Crippen LogP contribution in [-0.4, -0.2) is 20.7 Å². The van der Waals surface area contributed by atoms with Crippen molar-refractivity contribution < 1.29 is 9.18 Å². The van der Waals surface area contributed by atoms with E-state index in [1.807, 2.05) is 25.1 Å². The molecule has 0 N–H and O–H groups in total. The summed E-state index contributed by atoms with van der Waals surface area (Å²) >= 11 is 0. The Kier molecular flexibility index (Phi) is 4.93. The lowest BCUT2D eigenvalue weighted by atomic mass is 9.58. The second-order valence-electron chi connectivity index (χ2n) is 10.2. The number of fused-ring (bicyclic) bond motifs is 3. The fourth-order valence-electron chi connectivity index (χ4n) is 5.94. The fourth-order valence-corrected chi connectivity index (χ4v) is 5.94. The molecule has 5 nitrogen and oxygen atoms in total. The Morgan fingerprint density at radius 1 is 1.14 bits per heavy atom. The Bertz CT molecular complexity index is 1450. The third kappa shape index (κ3) is 3.41. The van der Waals surface area contributed by atoms with Gasteiger partial charge >= 0.3 is 0 Å². The second kappa shape index (κ2) is 7.91. The van der Waals surface area contributed by atoms with E-state index >= 15 is 4.39 Å². The number of benzene rings is 1. The number of ketones is 1. The van der Waals surface area contributed by atoms with E-state index in [2.05, 4.69) is 16.8 Å². The summed E-state index contributed by atoms with van der Waals surface area (Å²) in [5, 5.41) is 0. The minimum Gasteiger partial charge on any atom is -0.308 e. The summed E-state index contributed by atoms with van der Waals surface area (Å²) in [6.07, 6.45) is 7.27. The van der Waals surface area contributed by atoms with Gasteiger partial charge in [-0.15, -0.1) is 0 Å². The molecule has 0 saturated heterocycles. The zero-order chi connectivity index (χ0) is 24.3. The van der Waals surface area contributed by atoms with Crippen LogP contribution < -0.4 is 0 Å². The van der Waals surface area contributed by atoms with Gasteiger partial charge in [-0.2, -0.15) is 0 Å². The van der Waals surface area contributed by atoms with Gasteiger partial charge in [0.05, 0.1) is 18.0 Å². The van der Waals surface area contributed by atoms with E-state index in [1.165, 1.54) is 6.07 Å². The first kappa shape index (κ1) is 21.8. The van der Waals surface area contributed by atoms with E-state index in [-0.39, 0.29) is 29.1 Å². The molecule has 3 aliphatic carbocycles. The minimum atomic E-state index is -0.620. The average molecular weight is 465 g/mol. The molecule has 3 aromatic rings. The third-order valence-corrected chi connectivity index (χ3v) is 7.98. The van der Waals surface area contributed by atoms with Gasteiger partial charge in [0.1, 0.15) is 5.82 Å². The summed E-state index contributed by atoms with van der Waals surface area (Å²) in [4.78, 5) is 30.9. The molecule has 35 heavy (non-hydrogen) atoms. The number of carbonyl (C=O) groups is 1. The number of pyridine rings is 1. The molecule has 1 aromatic carbocycles. The first-order valence-corrected chi connectivity index (χ1v) is 12.2. The van der Waals surface area contributed by atoms with Crippen LogP contribution in [0.15, 0.2) is 54.4 Å². The standard InChI is InChI=1S/C29H25FN4O/c1-16-21-11-10-20-25(19-6-4-5-7-22(19)30)33-28(18-12-13-32-23(14-18)17-8-9-17)34-27(20)29(21,2)15-24(31-3)26(16)35/h4-7,12-17,21H,8-11H2,1-2H3/t16-,21-,29-/m1/s1. The lowest BCUT2D eigenvalue weighted by Gasteiger charge is -2.46. The first-order chi connectivity index (χ1) is 16.9. The summed E-state index contributed by atoms with van der Waals surface area (Å²) in [6.45, 7) is 11.6. The molecule has 2 aromatic heterocycles. The van der Waals surface area contributed by atoms with Crippen LogP contribution in [0.2, 0.25) is 0 Å². The van der Waals surface area contributed by atoms with Crippen molar-refractivity contribution in [2.45, 2.75) is 50.9 Å².